The smallest absolute Gasteiger partial charge is 0.316 e. The van der Waals surface area contributed by atoms with Crippen molar-refractivity contribution >= 4 is 5.97 Å². The van der Waals surface area contributed by atoms with E-state index in [9.17, 15) is 9.90 Å². The number of aliphatic hydroxyl groups excluding tert-OH is 1. The van der Waals surface area contributed by atoms with Gasteiger partial charge in [-0.3, -0.25) is 4.79 Å². The molecule has 0 heterocycles. The average Bonchev–Trinajstić information content (AvgIpc) is 2.61. The lowest BCUT2D eigenvalue weighted by Gasteiger charge is -2.24. The predicted octanol–water partition coefficient (Wildman–Crippen LogP) is 2.95. The van der Waals surface area contributed by atoms with Crippen molar-refractivity contribution < 1.29 is 19.4 Å². The van der Waals surface area contributed by atoms with Crippen LogP contribution in [-0.2, 0) is 27.5 Å². The van der Waals surface area contributed by atoms with Crippen LogP contribution in [0.5, 0.6) is 0 Å². The number of hydrogen-bond acceptors (Lipinski definition) is 4. The molecule has 1 N–H and O–H groups in total. The molecular weight excluding hydrogens is 292 g/mol. The third-order valence-electron chi connectivity index (χ3n) is 3.59. The number of hydrogen-bond donors (Lipinski definition) is 1. The molecule has 0 bridgehead atoms. The molecule has 0 aliphatic rings. The van der Waals surface area contributed by atoms with Crippen LogP contribution in [0.1, 0.15) is 18.1 Å². The van der Waals surface area contributed by atoms with Crippen LogP contribution in [0, 0.1) is 5.41 Å². The van der Waals surface area contributed by atoms with Crippen molar-refractivity contribution in [1.29, 1.82) is 0 Å². The van der Waals surface area contributed by atoms with Crippen LogP contribution >= 0.6 is 0 Å². The van der Waals surface area contributed by atoms with Crippen molar-refractivity contribution in [2.24, 2.45) is 5.41 Å². The minimum absolute atomic E-state index is 0.103. The van der Waals surface area contributed by atoms with Gasteiger partial charge in [-0.1, -0.05) is 60.7 Å². The Morgan fingerprint density at radius 3 is 2.00 bits per heavy atom. The average molecular weight is 314 g/mol. The van der Waals surface area contributed by atoms with Crippen molar-refractivity contribution in [3.05, 3.63) is 71.8 Å². The SMILES string of the molecule is C[C@](CO)(COCc1ccccc1)C(=O)OCc1ccccc1. The minimum Gasteiger partial charge on any atom is -0.460 e. The fourth-order valence-electron chi connectivity index (χ4n) is 2.03. The first-order valence-electron chi connectivity index (χ1n) is 7.58. The van der Waals surface area contributed by atoms with Gasteiger partial charge in [0.1, 0.15) is 12.0 Å². The summed E-state index contributed by atoms with van der Waals surface area (Å²) in [5.74, 6) is -0.461. The maximum Gasteiger partial charge on any atom is 0.316 e. The maximum absolute atomic E-state index is 12.2. The summed E-state index contributed by atoms with van der Waals surface area (Å²) >= 11 is 0. The first kappa shape index (κ1) is 17.2. The Hall–Kier alpha value is -2.17. The monoisotopic (exact) mass is 314 g/mol. The van der Waals surface area contributed by atoms with Crippen LogP contribution in [0.3, 0.4) is 0 Å². The van der Waals surface area contributed by atoms with Gasteiger partial charge in [0.25, 0.3) is 0 Å². The van der Waals surface area contributed by atoms with Crippen molar-refractivity contribution in [3.8, 4) is 0 Å². The van der Waals surface area contributed by atoms with Gasteiger partial charge in [-0.05, 0) is 18.1 Å². The van der Waals surface area contributed by atoms with Crippen molar-refractivity contribution in [2.75, 3.05) is 13.2 Å². The van der Waals surface area contributed by atoms with Crippen LogP contribution in [0.15, 0.2) is 60.7 Å². The number of benzene rings is 2. The van der Waals surface area contributed by atoms with E-state index in [2.05, 4.69) is 0 Å². The van der Waals surface area contributed by atoms with E-state index in [1.807, 2.05) is 60.7 Å². The molecule has 0 saturated heterocycles. The van der Waals surface area contributed by atoms with E-state index >= 15 is 0 Å². The van der Waals surface area contributed by atoms with Gasteiger partial charge in [-0.15, -0.1) is 0 Å². The first-order valence-corrected chi connectivity index (χ1v) is 7.58. The Morgan fingerprint density at radius 2 is 1.48 bits per heavy atom. The van der Waals surface area contributed by atoms with E-state index in [1.165, 1.54) is 0 Å². The third kappa shape index (κ3) is 5.20. The first-order chi connectivity index (χ1) is 11.1. The van der Waals surface area contributed by atoms with E-state index in [1.54, 1.807) is 6.92 Å². The standard InChI is InChI=1S/C19H22O4/c1-19(14-20,15-22-12-16-8-4-2-5-9-16)18(21)23-13-17-10-6-3-7-11-17/h2-11,20H,12-15H2,1H3/t19-/m0/s1. The summed E-state index contributed by atoms with van der Waals surface area (Å²) < 4.78 is 10.9. The lowest BCUT2D eigenvalue weighted by molar-refractivity contribution is -0.163. The minimum atomic E-state index is -1.07. The summed E-state index contributed by atoms with van der Waals surface area (Å²) in [6, 6.07) is 19.1. The highest BCUT2D eigenvalue weighted by atomic mass is 16.5. The second-order valence-electron chi connectivity index (χ2n) is 5.76. The Kier molecular flexibility index (Phi) is 6.32. The van der Waals surface area contributed by atoms with Gasteiger partial charge in [0.2, 0.25) is 0 Å². The van der Waals surface area contributed by atoms with Crippen LogP contribution in [0.25, 0.3) is 0 Å². The van der Waals surface area contributed by atoms with Gasteiger partial charge in [0.15, 0.2) is 0 Å². The zero-order valence-electron chi connectivity index (χ0n) is 13.3. The van der Waals surface area contributed by atoms with Crippen molar-refractivity contribution in [3.63, 3.8) is 0 Å². The number of aliphatic hydroxyl groups is 1. The van der Waals surface area contributed by atoms with E-state index in [-0.39, 0.29) is 19.8 Å². The van der Waals surface area contributed by atoms with Gasteiger partial charge in [-0.2, -0.15) is 0 Å². The molecule has 2 aromatic rings. The molecule has 4 nitrogen and oxygen atoms in total. The zero-order chi connectivity index (χ0) is 16.5. The Morgan fingerprint density at radius 1 is 0.957 bits per heavy atom. The molecule has 2 rings (SSSR count). The van der Waals surface area contributed by atoms with Crippen LogP contribution in [0.2, 0.25) is 0 Å². The van der Waals surface area contributed by atoms with E-state index in [0.717, 1.165) is 11.1 Å². The molecule has 4 heteroatoms. The highest BCUT2D eigenvalue weighted by Gasteiger charge is 2.35. The highest BCUT2D eigenvalue weighted by molar-refractivity contribution is 5.76. The van der Waals surface area contributed by atoms with E-state index in [0.29, 0.717) is 6.61 Å². The predicted molar refractivity (Wildman–Crippen MR) is 87.5 cm³/mol. The number of esters is 1. The lowest BCUT2D eigenvalue weighted by Crippen LogP contribution is -2.38. The molecule has 0 aromatic heterocycles. The maximum atomic E-state index is 12.2. The second-order valence-corrected chi connectivity index (χ2v) is 5.76. The molecular formula is C19H22O4. The van der Waals surface area contributed by atoms with E-state index < -0.39 is 11.4 Å². The normalized spacial score (nSPS) is 13.3. The van der Waals surface area contributed by atoms with Gasteiger partial charge < -0.3 is 14.6 Å². The largest absolute Gasteiger partial charge is 0.460 e. The summed E-state index contributed by atoms with van der Waals surface area (Å²) in [6.07, 6.45) is 0. The van der Waals surface area contributed by atoms with E-state index in [4.69, 9.17) is 9.47 Å². The van der Waals surface area contributed by atoms with Crippen molar-refractivity contribution in [1.82, 2.24) is 0 Å². The number of rotatable bonds is 8. The Balaban J connectivity index is 1.84. The lowest BCUT2D eigenvalue weighted by atomic mass is 9.93. The molecule has 1 atom stereocenters. The molecule has 122 valence electrons. The Bertz CT molecular complexity index is 597. The zero-order valence-corrected chi connectivity index (χ0v) is 13.3. The molecule has 0 aliphatic heterocycles. The molecule has 0 spiro atoms. The summed E-state index contributed by atoms with van der Waals surface area (Å²) in [5.41, 5.74) is 0.862. The molecule has 23 heavy (non-hydrogen) atoms. The second kappa shape index (κ2) is 8.46. The summed E-state index contributed by atoms with van der Waals surface area (Å²) in [7, 11) is 0. The molecule has 0 radical (unpaired) electrons. The summed E-state index contributed by atoms with van der Waals surface area (Å²) in [4.78, 5) is 12.2. The van der Waals surface area contributed by atoms with Crippen molar-refractivity contribution in [2.45, 2.75) is 20.1 Å². The summed E-state index contributed by atoms with van der Waals surface area (Å²) in [5, 5.41) is 9.57. The van der Waals surface area contributed by atoms with Gasteiger partial charge >= 0.3 is 5.97 Å². The molecule has 0 amide bonds. The van der Waals surface area contributed by atoms with Crippen LogP contribution in [-0.4, -0.2) is 24.3 Å². The van der Waals surface area contributed by atoms with Gasteiger partial charge in [0, 0.05) is 0 Å². The van der Waals surface area contributed by atoms with Crippen LogP contribution < -0.4 is 0 Å². The number of carbonyl (C=O) groups is 1. The Labute approximate surface area is 136 Å². The topological polar surface area (TPSA) is 55.8 Å². The number of ether oxygens (including phenoxy) is 2. The molecule has 0 aliphatic carbocycles. The molecule has 0 saturated carbocycles. The molecule has 2 aromatic carbocycles. The third-order valence-corrected chi connectivity index (χ3v) is 3.59. The fourth-order valence-corrected chi connectivity index (χ4v) is 2.03. The molecule has 0 fully saturated rings. The highest BCUT2D eigenvalue weighted by Crippen LogP contribution is 2.20. The fraction of sp³-hybridized carbons (Fsp3) is 0.316. The van der Waals surface area contributed by atoms with Gasteiger partial charge in [0.05, 0.1) is 19.8 Å². The summed E-state index contributed by atoms with van der Waals surface area (Å²) in [6.45, 7) is 2.00. The van der Waals surface area contributed by atoms with Crippen LogP contribution in [0.4, 0.5) is 0 Å². The van der Waals surface area contributed by atoms with Gasteiger partial charge in [-0.25, -0.2) is 0 Å². The molecule has 0 unspecified atom stereocenters. The quantitative estimate of drug-likeness (QED) is 0.761. The number of carbonyl (C=O) groups excluding carboxylic acids is 1.